The van der Waals surface area contributed by atoms with Crippen molar-refractivity contribution in [3.63, 3.8) is 0 Å². The Morgan fingerprint density at radius 3 is 2.37 bits per heavy atom. The van der Waals surface area contributed by atoms with Crippen molar-refractivity contribution < 1.29 is 4.79 Å². The van der Waals surface area contributed by atoms with Crippen LogP contribution in [0.15, 0.2) is 47.6 Å². The van der Waals surface area contributed by atoms with Gasteiger partial charge in [0.05, 0.1) is 16.8 Å². The van der Waals surface area contributed by atoms with Crippen molar-refractivity contribution in [3.05, 3.63) is 63.1 Å². The molecule has 27 heavy (non-hydrogen) atoms. The highest BCUT2D eigenvalue weighted by molar-refractivity contribution is 6.40. The number of anilines is 1. The number of benzene rings is 2. The Kier molecular flexibility index (Phi) is 5.31. The molecule has 1 unspecified atom stereocenters. The average Bonchev–Trinajstić information content (AvgIpc) is 3.04. The summed E-state index contributed by atoms with van der Waals surface area (Å²) in [5.74, 6) is -0.105. The van der Waals surface area contributed by atoms with Gasteiger partial charge < -0.3 is 5.32 Å². The van der Waals surface area contributed by atoms with Gasteiger partial charge >= 0.3 is 0 Å². The number of nitrogens with one attached hydrogen (secondary N) is 1. The van der Waals surface area contributed by atoms with Crippen LogP contribution in [-0.4, -0.2) is 17.7 Å². The Labute approximate surface area is 173 Å². The largest absolute Gasteiger partial charge is 0.348 e. The topological polar surface area (TPSA) is 44.7 Å². The molecule has 0 spiro atoms. The fraction of sp³-hybridized carbons (Fsp3) is 0.300. The summed E-state index contributed by atoms with van der Waals surface area (Å²) < 4.78 is 0. The number of hydrogen-bond donors (Lipinski definition) is 1. The predicted octanol–water partition coefficient (Wildman–Crippen LogP) is 5.62. The summed E-state index contributed by atoms with van der Waals surface area (Å²) in [7, 11) is 0. The van der Waals surface area contributed by atoms with Gasteiger partial charge in [-0.25, -0.2) is 0 Å². The molecule has 4 nitrogen and oxygen atoms in total. The molecule has 0 bridgehead atoms. The third-order valence-corrected chi connectivity index (χ3v) is 5.81. The van der Waals surface area contributed by atoms with Crippen LogP contribution in [0.5, 0.6) is 0 Å². The molecular weight excluding hydrogens is 405 g/mol. The summed E-state index contributed by atoms with van der Waals surface area (Å²) in [6, 6.07) is 13.0. The number of carbonyl (C=O) groups is 1. The number of amides is 1. The van der Waals surface area contributed by atoms with E-state index in [-0.39, 0.29) is 18.0 Å². The molecule has 1 heterocycles. The molecule has 4 rings (SSSR count). The number of halogens is 3. The SMILES string of the molecule is O=C(NC1CCC1)C1=NN(c2ccc(Cl)cc2Cl)C(c2ccc(Cl)cc2)C1. The Balaban J connectivity index is 1.66. The van der Waals surface area contributed by atoms with Gasteiger partial charge in [0, 0.05) is 22.5 Å². The van der Waals surface area contributed by atoms with Crippen molar-refractivity contribution in [1.29, 1.82) is 0 Å². The standard InChI is InChI=1S/C20H18Cl3N3O/c21-13-6-4-12(5-7-13)19-11-17(20(27)24-15-2-1-3-15)25-26(19)18-9-8-14(22)10-16(18)23/h4-10,15,19H,1-3,11H2,(H,24,27). The van der Waals surface area contributed by atoms with Gasteiger partial charge in [-0.15, -0.1) is 0 Å². The maximum absolute atomic E-state index is 12.7. The van der Waals surface area contributed by atoms with Crippen LogP contribution in [0.4, 0.5) is 5.69 Å². The molecule has 1 aliphatic carbocycles. The maximum Gasteiger partial charge on any atom is 0.267 e. The number of nitrogens with zero attached hydrogens (tertiary/aromatic N) is 2. The van der Waals surface area contributed by atoms with E-state index in [1.165, 1.54) is 0 Å². The van der Waals surface area contributed by atoms with Crippen molar-refractivity contribution in [1.82, 2.24) is 5.32 Å². The minimum atomic E-state index is -0.136. The van der Waals surface area contributed by atoms with Gasteiger partial charge in [0.15, 0.2) is 0 Å². The quantitative estimate of drug-likeness (QED) is 0.694. The second kappa shape index (κ2) is 7.70. The van der Waals surface area contributed by atoms with Gasteiger partial charge in [0.25, 0.3) is 5.91 Å². The van der Waals surface area contributed by atoms with E-state index in [1.54, 1.807) is 17.1 Å². The van der Waals surface area contributed by atoms with Crippen LogP contribution in [0, 0.1) is 0 Å². The lowest BCUT2D eigenvalue weighted by atomic mass is 9.93. The van der Waals surface area contributed by atoms with Gasteiger partial charge in [-0.05, 0) is 55.2 Å². The maximum atomic E-state index is 12.7. The first kappa shape index (κ1) is 18.6. The number of hydrogen-bond acceptors (Lipinski definition) is 3. The number of rotatable bonds is 4. The smallest absolute Gasteiger partial charge is 0.267 e. The fourth-order valence-electron chi connectivity index (χ4n) is 3.30. The first-order valence-electron chi connectivity index (χ1n) is 8.89. The van der Waals surface area contributed by atoms with E-state index in [1.807, 2.05) is 30.3 Å². The molecule has 1 atom stereocenters. The molecule has 7 heteroatoms. The van der Waals surface area contributed by atoms with E-state index in [0.717, 1.165) is 24.8 Å². The van der Waals surface area contributed by atoms with Crippen LogP contribution in [0.2, 0.25) is 15.1 Å². The fourth-order valence-corrected chi connectivity index (χ4v) is 3.92. The Morgan fingerprint density at radius 2 is 1.74 bits per heavy atom. The monoisotopic (exact) mass is 421 g/mol. The van der Waals surface area contributed by atoms with Gasteiger partial charge in [-0.3, -0.25) is 9.80 Å². The number of carbonyl (C=O) groups excluding carboxylic acids is 1. The summed E-state index contributed by atoms with van der Waals surface area (Å²) in [5, 5.41) is 11.2. The van der Waals surface area contributed by atoms with E-state index in [2.05, 4.69) is 10.4 Å². The highest BCUT2D eigenvalue weighted by Gasteiger charge is 2.34. The molecule has 1 saturated carbocycles. The molecular formula is C20H18Cl3N3O. The molecule has 2 aromatic rings. The minimum Gasteiger partial charge on any atom is -0.348 e. The predicted molar refractivity (Wildman–Crippen MR) is 111 cm³/mol. The van der Waals surface area contributed by atoms with Gasteiger partial charge in [0.1, 0.15) is 5.71 Å². The summed E-state index contributed by atoms with van der Waals surface area (Å²) in [6.45, 7) is 0. The minimum absolute atomic E-state index is 0.105. The molecule has 0 aromatic heterocycles. The zero-order valence-electron chi connectivity index (χ0n) is 14.5. The van der Waals surface area contributed by atoms with E-state index in [4.69, 9.17) is 34.8 Å². The molecule has 2 aliphatic rings. The summed E-state index contributed by atoms with van der Waals surface area (Å²) >= 11 is 18.5. The molecule has 0 radical (unpaired) electrons. The first-order valence-corrected chi connectivity index (χ1v) is 10.0. The highest BCUT2D eigenvalue weighted by Crippen LogP contribution is 2.40. The molecule has 1 amide bonds. The zero-order valence-corrected chi connectivity index (χ0v) is 16.7. The third kappa shape index (κ3) is 3.93. The summed E-state index contributed by atoms with van der Waals surface area (Å²) in [5.41, 5.74) is 2.24. The van der Waals surface area contributed by atoms with E-state index < -0.39 is 0 Å². The second-order valence-corrected chi connectivity index (χ2v) is 8.14. The zero-order chi connectivity index (χ0) is 19.0. The Bertz CT molecular complexity index is 894. The molecule has 1 N–H and O–H groups in total. The second-order valence-electron chi connectivity index (χ2n) is 6.86. The van der Waals surface area contributed by atoms with Crippen LogP contribution < -0.4 is 10.3 Å². The first-order chi connectivity index (χ1) is 13.0. The third-order valence-electron chi connectivity index (χ3n) is 5.02. The van der Waals surface area contributed by atoms with Gasteiger partial charge in [-0.1, -0.05) is 46.9 Å². The molecule has 1 aliphatic heterocycles. The lowest BCUT2D eigenvalue weighted by molar-refractivity contribution is -0.116. The van der Waals surface area contributed by atoms with Crippen LogP contribution >= 0.6 is 34.8 Å². The highest BCUT2D eigenvalue weighted by atomic mass is 35.5. The summed E-state index contributed by atoms with van der Waals surface area (Å²) in [6.07, 6.45) is 3.73. The Hall–Kier alpha value is -1.75. The molecule has 140 valence electrons. The average molecular weight is 423 g/mol. The van der Waals surface area contributed by atoms with Gasteiger partial charge in [0.2, 0.25) is 0 Å². The normalized spacial score (nSPS) is 19.6. The van der Waals surface area contributed by atoms with Crippen molar-refractivity contribution in [2.45, 2.75) is 37.8 Å². The van der Waals surface area contributed by atoms with E-state index in [9.17, 15) is 4.79 Å². The van der Waals surface area contributed by atoms with Crippen LogP contribution in [0.1, 0.15) is 37.3 Å². The van der Waals surface area contributed by atoms with Crippen molar-refractivity contribution in [2.24, 2.45) is 5.10 Å². The lowest BCUT2D eigenvalue weighted by Crippen LogP contribution is -2.42. The van der Waals surface area contributed by atoms with E-state index in [0.29, 0.717) is 32.9 Å². The van der Waals surface area contributed by atoms with Crippen molar-refractivity contribution >= 4 is 52.1 Å². The Morgan fingerprint density at radius 1 is 1.04 bits per heavy atom. The van der Waals surface area contributed by atoms with Crippen molar-refractivity contribution in [2.75, 3.05) is 5.01 Å². The summed E-state index contributed by atoms with van der Waals surface area (Å²) in [4.78, 5) is 12.7. The van der Waals surface area contributed by atoms with Crippen LogP contribution in [0.25, 0.3) is 0 Å². The molecule has 1 fully saturated rings. The molecule has 0 saturated heterocycles. The van der Waals surface area contributed by atoms with Gasteiger partial charge in [-0.2, -0.15) is 5.10 Å². The van der Waals surface area contributed by atoms with Crippen LogP contribution in [0.3, 0.4) is 0 Å². The van der Waals surface area contributed by atoms with E-state index >= 15 is 0 Å². The number of hydrazone groups is 1. The lowest BCUT2D eigenvalue weighted by Gasteiger charge is -2.26. The van der Waals surface area contributed by atoms with Crippen molar-refractivity contribution in [3.8, 4) is 0 Å². The molecule has 2 aromatic carbocycles. The van der Waals surface area contributed by atoms with Crippen LogP contribution in [-0.2, 0) is 4.79 Å².